The lowest BCUT2D eigenvalue weighted by Crippen LogP contribution is -2.13. The van der Waals surface area contributed by atoms with Crippen LogP contribution in [0.25, 0.3) is 0 Å². The van der Waals surface area contributed by atoms with Crippen molar-refractivity contribution in [3.8, 4) is 12.3 Å². The third-order valence-electron chi connectivity index (χ3n) is 1.32. The van der Waals surface area contributed by atoms with E-state index in [-0.39, 0.29) is 6.04 Å². The number of aryl methyl sites for hydroxylation is 1. The van der Waals surface area contributed by atoms with Gasteiger partial charge in [0.25, 0.3) is 0 Å². The maximum absolute atomic E-state index is 5.17. The average molecular weight is 181 g/mol. The molecule has 0 aliphatic heterocycles. The molecule has 1 unspecified atom stereocenters. The number of anilines is 1. The van der Waals surface area contributed by atoms with Crippen LogP contribution in [0.4, 0.5) is 5.13 Å². The van der Waals surface area contributed by atoms with Gasteiger partial charge < -0.3 is 5.32 Å². The summed E-state index contributed by atoms with van der Waals surface area (Å²) in [7, 11) is 0. The van der Waals surface area contributed by atoms with Crippen molar-refractivity contribution < 1.29 is 0 Å². The Kier molecular flexibility index (Phi) is 3.06. The second kappa shape index (κ2) is 4.07. The number of terminal acetylenes is 1. The van der Waals surface area contributed by atoms with Crippen LogP contribution < -0.4 is 5.32 Å². The first-order valence-electron chi connectivity index (χ1n) is 3.72. The molecule has 0 amide bonds. The molecule has 1 N–H and O–H groups in total. The highest BCUT2D eigenvalue weighted by Gasteiger charge is 2.03. The normalized spacial score (nSPS) is 12.1. The van der Waals surface area contributed by atoms with E-state index in [2.05, 4.69) is 20.6 Å². The van der Waals surface area contributed by atoms with E-state index in [9.17, 15) is 0 Å². The van der Waals surface area contributed by atoms with E-state index < -0.39 is 0 Å². The molecule has 0 fully saturated rings. The predicted molar refractivity (Wildman–Crippen MR) is 51.2 cm³/mol. The third kappa shape index (κ3) is 2.51. The minimum Gasteiger partial charge on any atom is -0.357 e. The summed E-state index contributed by atoms with van der Waals surface area (Å²) in [6.07, 6.45) is 5.87. The smallest absolute Gasteiger partial charge is 0.202 e. The molecule has 12 heavy (non-hydrogen) atoms. The van der Waals surface area contributed by atoms with Gasteiger partial charge >= 0.3 is 0 Å². The van der Waals surface area contributed by atoms with E-state index in [1.54, 1.807) is 0 Å². The second-order valence-corrected chi connectivity index (χ2v) is 3.35. The van der Waals surface area contributed by atoms with E-state index >= 15 is 0 Å². The van der Waals surface area contributed by atoms with Crippen LogP contribution in [0.2, 0.25) is 0 Å². The highest BCUT2D eigenvalue weighted by atomic mass is 32.1. The van der Waals surface area contributed by atoms with Crippen molar-refractivity contribution in [2.45, 2.75) is 26.3 Å². The van der Waals surface area contributed by atoms with Crippen LogP contribution in [-0.2, 0) is 0 Å². The molecule has 0 aliphatic rings. The van der Waals surface area contributed by atoms with Crippen molar-refractivity contribution in [3.05, 3.63) is 5.82 Å². The molecule has 0 aromatic carbocycles. The molecule has 1 atom stereocenters. The number of hydrogen-bond acceptors (Lipinski definition) is 4. The first-order chi connectivity index (χ1) is 5.72. The Morgan fingerprint density at radius 2 is 2.50 bits per heavy atom. The predicted octanol–water partition coefficient (Wildman–Crippen LogP) is 1.67. The Balaban J connectivity index is 2.47. The minimum absolute atomic E-state index is 0.266. The van der Waals surface area contributed by atoms with Gasteiger partial charge in [-0.05, 0) is 13.8 Å². The molecule has 3 nitrogen and oxygen atoms in total. The highest BCUT2D eigenvalue weighted by Crippen LogP contribution is 2.11. The number of hydrogen-bond donors (Lipinski definition) is 1. The largest absolute Gasteiger partial charge is 0.357 e. The van der Waals surface area contributed by atoms with Crippen LogP contribution in [0, 0.1) is 19.3 Å². The van der Waals surface area contributed by atoms with Gasteiger partial charge in [-0.1, -0.05) is 0 Å². The average Bonchev–Trinajstić information content (AvgIpc) is 2.36. The summed E-state index contributed by atoms with van der Waals surface area (Å²) in [5, 5.41) is 4.01. The first kappa shape index (κ1) is 9.01. The fourth-order valence-corrected chi connectivity index (χ4v) is 1.48. The molecule has 0 saturated carbocycles. The van der Waals surface area contributed by atoms with Gasteiger partial charge in [-0.3, -0.25) is 0 Å². The van der Waals surface area contributed by atoms with Gasteiger partial charge in [0.05, 0.1) is 0 Å². The maximum Gasteiger partial charge on any atom is 0.202 e. The van der Waals surface area contributed by atoms with E-state index in [4.69, 9.17) is 6.42 Å². The lowest BCUT2D eigenvalue weighted by Gasteiger charge is -2.07. The van der Waals surface area contributed by atoms with Crippen LogP contribution >= 0.6 is 11.5 Å². The molecule has 4 heteroatoms. The number of nitrogens with zero attached hydrogens (tertiary/aromatic N) is 2. The number of rotatable bonds is 3. The van der Waals surface area contributed by atoms with Crippen molar-refractivity contribution in [2.75, 3.05) is 5.32 Å². The Labute approximate surface area is 76.4 Å². The molecular formula is C8H11N3S. The molecule has 64 valence electrons. The quantitative estimate of drug-likeness (QED) is 0.721. The monoisotopic (exact) mass is 181 g/mol. The molecule has 0 aliphatic carbocycles. The molecule has 1 aromatic heterocycles. The van der Waals surface area contributed by atoms with Crippen molar-refractivity contribution in [1.82, 2.24) is 9.36 Å². The number of nitrogens with one attached hydrogen (secondary N) is 1. The summed E-state index contributed by atoms with van der Waals surface area (Å²) in [5.41, 5.74) is 0. The van der Waals surface area contributed by atoms with Crippen LogP contribution in [0.1, 0.15) is 19.2 Å². The van der Waals surface area contributed by atoms with Crippen molar-refractivity contribution >= 4 is 16.7 Å². The van der Waals surface area contributed by atoms with Crippen LogP contribution in [0.15, 0.2) is 0 Å². The molecular weight excluding hydrogens is 170 g/mol. The lowest BCUT2D eigenvalue weighted by molar-refractivity contribution is 0.826. The van der Waals surface area contributed by atoms with E-state index in [1.807, 2.05) is 13.8 Å². The number of aromatic nitrogens is 2. The molecule has 0 saturated heterocycles. The van der Waals surface area contributed by atoms with Crippen LogP contribution in [0.3, 0.4) is 0 Å². The summed E-state index contributed by atoms with van der Waals surface area (Å²) < 4.78 is 4.05. The van der Waals surface area contributed by atoms with Gasteiger partial charge in [0.15, 0.2) is 0 Å². The molecule has 1 rings (SSSR count). The van der Waals surface area contributed by atoms with E-state index in [0.29, 0.717) is 6.42 Å². The van der Waals surface area contributed by atoms with Crippen LogP contribution in [-0.4, -0.2) is 15.4 Å². The fraction of sp³-hybridized carbons (Fsp3) is 0.500. The third-order valence-corrected chi connectivity index (χ3v) is 2.06. The Bertz CT molecular complexity index is 287. The highest BCUT2D eigenvalue weighted by molar-refractivity contribution is 7.09. The summed E-state index contributed by atoms with van der Waals surface area (Å²) in [6.45, 7) is 3.89. The molecule has 1 heterocycles. The minimum atomic E-state index is 0.266. The standard InChI is InChI=1S/C8H11N3S/c1-4-5-6(2)9-8-10-7(3)11-12-8/h1,6H,5H2,2-3H3,(H,9,10,11). The van der Waals surface area contributed by atoms with Gasteiger partial charge in [-0.25, -0.2) is 4.98 Å². The zero-order chi connectivity index (χ0) is 8.97. The first-order valence-corrected chi connectivity index (χ1v) is 4.50. The molecule has 0 bridgehead atoms. The van der Waals surface area contributed by atoms with Crippen molar-refractivity contribution in [3.63, 3.8) is 0 Å². The molecule has 1 aromatic rings. The van der Waals surface area contributed by atoms with Crippen LogP contribution in [0.5, 0.6) is 0 Å². The van der Waals surface area contributed by atoms with E-state index in [0.717, 1.165) is 11.0 Å². The SMILES string of the molecule is C#CCC(C)Nc1nc(C)ns1. The second-order valence-electron chi connectivity index (χ2n) is 2.60. The molecule has 0 spiro atoms. The summed E-state index contributed by atoms with van der Waals surface area (Å²) in [4.78, 5) is 4.16. The molecule has 0 radical (unpaired) electrons. The lowest BCUT2D eigenvalue weighted by atomic mass is 10.2. The van der Waals surface area contributed by atoms with E-state index in [1.165, 1.54) is 11.5 Å². The zero-order valence-corrected chi connectivity index (χ0v) is 7.98. The maximum atomic E-state index is 5.17. The van der Waals surface area contributed by atoms with Gasteiger partial charge in [0.1, 0.15) is 5.82 Å². The van der Waals surface area contributed by atoms with Gasteiger partial charge in [-0.15, -0.1) is 12.3 Å². The Morgan fingerprint density at radius 1 is 1.75 bits per heavy atom. The zero-order valence-electron chi connectivity index (χ0n) is 7.16. The van der Waals surface area contributed by atoms with Gasteiger partial charge in [0, 0.05) is 24.0 Å². The Morgan fingerprint density at radius 3 is 3.00 bits per heavy atom. The van der Waals surface area contributed by atoms with Crippen molar-refractivity contribution in [1.29, 1.82) is 0 Å². The van der Waals surface area contributed by atoms with Gasteiger partial charge in [-0.2, -0.15) is 4.37 Å². The fourth-order valence-electron chi connectivity index (χ4n) is 0.794. The summed E-state index contributed by atoms with van der Waals surface area (Å²) in [6, 6.07) is 0.266. The Hall–Kier alpha value is -1.08. The topological polar surface area (TPSA) is 37.8 Å². The summed E-state index contributed by atoms with van der Waals surface area (Å²) >= 11 is 1.36. The summed E-state index contributed by atoms with van der Waals surface area (Å²) in [5.74, 6) is 3.39. The van der Waals surface area contributed by atoms with Crippen molar-refractivity contribution in [2.24, 2.45) is 0 Å². The van der Waals surface area contributed by atoms with Gasteiger partial charge in [0.2, 0.25) is 5.13 Å².